The van der Waals surface area contributed by atoms with Gasteiger partial charge in [0.1, 0.15) is 4.90 Å². The van der Waals surface area contributed by atoms with Gasteiger partial charge in [-0.2, -0.15) is 0 Å². The number of hydrogen-bond acceptors (Lipinski definition) is 4. The number of hydrogen-bond donors (Lipinski definition) is 2. The minimum atomic E-state index is -3.41. The van der Waals surface area contributed by atoms with Crippen LogP contribution < -0.4 is 10.0 Å². The third-order valence-electron chi connectivity index (χ3n) is 3.36. The normalized spacial score (nSPS) is 17.2. The largest absolute Gasteiger partial charge is 0.310 e. The maximum atomic E-state index is 12.4. The number of nitrogens with one attached hydrogen (secondary N) is 2. The number of halogens is 1. The molecule has 0 radical (unpaired) electrons. The maximum absolute atomic E-state index is 12.4. The molecule has 0 spiro atoms. The predicted molar refractivity (Wildman–Crippen MR) is 86.6 cm³/mol. The van der Waals surface area contributed by atoms with Gasteiger partial charge >= 0.3 is 0 Å². The monoisotopic (exact) mass is 380 g/mol. The van der Waals surface area contributed by atoms with Crippen LogP contribution in [0.5, 0.6) is 0 Å². The van der Waals surface area contributed by atoms with E-state index < -0.39 is 10.0 Å². The fraction of sp³-hybridized carbons (Fsp3) is 0.692. The van der Waals surface area contributed by atoms with Crippen molar-refractivity contribution in [3.8, 4) is 0 Å². The van der Waals surface area contributed by atoms with Crippen molar-refractivity contribution >= 4 is 37.3 Å². The highest BCUT2D eigenvalue weighted by Gasteiger charge is 2.26. The molecule has 20 heavy (non-hydrogen) atoms. The molecule has 1 fully saturated rings. The minimum Gasteiger partial charge on any atom is -0.310 e. The molecule has 1 saturated carbocycles. The maximum Gasteiger partial charge on any atom is 0.242 e. The first-order chi connectivity index (χ1) is 9.38. The smallest absolute Gasteiger partial charge is 0.242 e. The van der Waals surface area contributed by atoms with Crippen LogP contribution in [0.4, 0.5) is 0 Å². The van der Waals surface area contributed by atoms with Gasteiger partial charge in [-0.1, -0.05) is 26.7 Å². The van der Waals surface area contributed by atoms with E-state index in [1.807, 2.05) is 0 Å². The summed E-state index contributed by atoms with van der Waals surface area (Å²) in [6, 6.07) is 2.25. The molecule has 0 amide bonds. The van der Waals surface area contributed by atoms with E-state index in [2.05, 4.69) is 39.8 Å². The summed E-state index contributed by atoms with van der Waals surface area (Å²) < 4.78 is 28.3. The molecule has 7 heteroatoms. The highest BCUT2D eigenvalue weighted by molar-refractivity contribution is 9.11. The summed E-state index contributed by atoms with van der Waals surface area (Å²) in [6.45, 7) is 4.84. The molecular formula is C13H21BrN2O2S2. The predicted octanol–water partition coefficient (Wildman–Crippen LogP) is 3.23. The number of rotatable bonds is 6. The van der Waals surface area contributed by atoms with Gasteiger partial charge in [-0.3, -0.25) is 0 Å². The molecule has 0 atom stereocenters. The Balaban J connectivity index is 2.10. The second-order valence-corrected chi connectivity index (χ2v) is 9.63. The summed E-state index contributed by atoms with van der Waals surface area (Å²) in [5.41, 5.74) is 0. The van der Waals surface area contributed by atoms with E-state index in [-0.39, 0.29) is 6.04 Å². The lowest BCUT2D eigenvalue weighted by atomic mass is 10.3. The van der Waals surface area contributed by atoms with Crippen LogP contribution in [0.2, 0.25) is 0 Å². The van der Waals surface area contributed by atoms with Gasteiger partial charge in [-0.05, 0) is 34.8 Å². The topological polar surface area (TPSA) is 58.2 Å². The minimum absolute atomic E-state index is 0.101. The van der Waals surface area contributed by atoms with Gasteiger partial charge in [-0.15, -0.1) is 11.3 Å². The molecule has 1 aromatic heterocycles. The Kier molecular flexibility index (Phi) is 5.64. The summed E-state index contributed by atoms with van der Waals surface area (Å²) in [4.78, 5) is 1.40. The van der Waals surface area contributed by atoms with E-state index in [0.29, 0.717) is 21.3 Å². The van der Waals surface area contributed by atoms with Gasteiger partial charge in [-0.25, -0.2) is 13.1 Å². The van der Waals surface area contributed by atoms with Crippen molar-refractivity contribution in [1.29, 1.82) is 0 Å². The molecule has 1 aromatic rings. The highest BCUT2D eigenvalue weighted by atomic mass is 79.9. The molecule has 0 aromatic carbocycles. The molecule has 1 aliphatic rings. The molecule has 2 N–H and O–H groups in total. The van der Waals surface area contributed by atoms with Crippen molar-refractivity contribution < 1.29 is 8.42 Å². The molecule has 1 heterocycles. The zero-order valence-electron chi connectivity index (χ0n) is 11.8. The molecule has 4 nitrogen and oxygen atoms in total. The summed E-state index contributed by atoms with van der Waals surface area (Å²) in [7, 11) is -3.41. The first-order valence-electron chi connectivity index (χ1n) is 6.92. The molecule has 0 saturated heterocycles. The molecule has 0 bridgehead atoms. The summed E-state index contributed by atoms with van der Waals surface area (Å²) in [6.07, 6.45) is 4.12. The van der Waals surface area contributed by atoms with Crippen molar-refractivity contribution in [2.24, 2.45) is 0 Å². The Morgan fingerprint density at radius 3 is 2.65 bits per heavy atom. The quantitative estimate of drug-likeness (QED) is 0.796. The van der Waals surface area contributed by atoms with Crippen LogP contribution in [0.1, 0.15) is 44.4 Å². The SMILES string of the molecule is CC(C)NCc1cc(S(=O)(=O)NC2CCCC2)c(Br)s1. The van der Waals surface area contributed by atoms with Crippen LogP contribution in [-0.2, 0) is 16.6 Å². The van der Waals surface area contributed by atoms with Crippen LogP contribution in [0.15, 0.2) is 14.7 Å². The van der Waals surface area contributed by atoms with Crippen molar-refractivity contribution in [3.05, 3.63) is 14.7 Å². The average molecular weight is 381 g/mol. The van der Waals surface area contributed by atoms with Gasteiger partial charge in [0.25, 0.3) is 0 Å². The fourth-order valence-corrected chi connectivity index (χ4v) is 6.24. The number of sulfonamides is 1. The van der Waals surface area contributed by atoms with E-state index >= 15 is 0 Å². The van der Waals surface area contributed by atoms with E-state index in [1.54, 1.807) is 6.07 Å². The second-order valence-electron chi connectivity index (χ2n) is 5.49. The van der Waals surface area contributed by atoms with Crippen molar-refractivity contribution in [3.63, 3.8) is 0 Å². The summed E-state index contributed by atoms with van der Waals surface area (Å²) in [5, 5.41) is 3.30. The Labute approximate surface area is 133 Å². The van der Waals surface area contributed by atoms with Crippen LogP contribution >= 0.6 is 27.3 Å². The van der Waals surface area contributed by atoms with Crippen molar-refractivity contribution in [1.82, 2.24) is 10.0 Å². The van der Waals surface area contributed by atoms with E-state index in [4.69, 9.17) is 0 Å². The molecule has 2 rings (SSSR count). The van der Waals surface area contributed by atoms with Gasteiger partial charge in [0.2, 0.25) is 10.0 Å². The zero-order valence-corrected chi connectivity index (χ0v) is 15.0. The van der Waals surface area contributed by atoms with E-state index in [1.165, 1.54) is 11.3 Å². The Bertz CT molecular complexity index is 549. The van der Waals surface area contributed by atoms with Gasteiger partial charge in [0.15, 0.2) is 0 Å². The zero-order chi connectivity index (χ0) is 14.8. The summed E-state index contributed by atoms with van der Waals surface area (Å²) in [5.74, 6) is 0. The van der Waals surface area contributed by atoms with E-state index in [0.717, 1.165) is 30.6 Å². The Hall–Kier alpha value is 0.0500. The molecule has 114 valence electrons. The van der Waals surface area contributed by atoms with Crippen LogP contribution in [0.3, 0.4) is 0 Å². The lowest BCUT2D eigenvalue weighted by Crippen LogP contribution is -2.32. The second kappa shape index (κ2) is 6.87. The molecule has 0 unspecified atom stereocenters. The first kappa shape index (κ1) is 16.4. The van der Waals surface area contributed by atoms with Crippen molar-refractivity contribution in [2.75, 3.05) is 0 Å². The summed E-state index contributed by atoms with van der Waals surface area (Å²) >= 11 is 4.86. The molecule has 0 aliphatic heterocycles. The first-order valence-corrected chi connectivity index (χ1v) is 10.0. The average Bonchev–Trinajstić information content (AvgIpc) is 2.95. The standard InChI is InChI=1S/C13H21BrN2O2S2/c1-9(2)15-8-11-7-12(13(14)19-11)20(17,18)16-10-5-3-4-6-10/h7,9-10,15-16H,3-6,8H2,1-2H3. The Morgan fingerprint density at radius 1 is 1.40 bits per heavy atom. The van der Waals surface area contributed by atoms with E-state index in [9.17, 15) is 8.42 Å². The van der Waals surface area contributed by atoms with Gasteiger partial charge in [0, 0.05) is 23.5 Å². The van der Waals surface area contributed by atoms with Crippen LogP contribution in [-0.4, -0.2) is 20.5 Å². The van der Waals surface area contributed by atoms with Gasteiger partial charge < -0.3 is 5.32 Å². The van der Waals surface area contributed by atoms with Crippen LogP contribution in [0, 0.1) is 0 Å². The third-order valence-corrected chi connectivity index (χ3v) is 7.13. The third kappa shape index (κ3) is 4.27. The van der Waals surface area contributed by atoms with Crippen LogP contribution in [0.25, 0.3) is 0 Å². The fourth-order valence-electron chi connectivity index (χ4n) is 2.30. The lowest BCUT2D eigenvalue weighted by molar-refractivity contribution is 0.552. The lowest BCUT2D eigenvalue weighted by Gasteiger charge is -2.11. The highest BCUT2D eigenvalue weighted by Crippen LogP contribution is 2.32. The van der Waals surface area contributed by atoms with Crippen molar-refractivity contribution in [2.45, 2.75) is 63.1 Å². The Morgan fingerprint density at radius 2 is 2.05 bits per heavy atom. The molecular weight excluding hydrogens is 360 g/mol. The number of thiophene rings is 1. The molecule has 1 aliphatic carbocycles. The van der Waals surface area contributed by atoms with Gasteiger partial charge in [0.05, 0.1) is 3.79 Å².